The SMILES string of the molecule is NC(CO)(CO)CCc1ccc2c(=O)c3cc(C=Cc4ccccc4)ccc3oc2c1. The third-order valence-electron chi connectivity index (χ3n) is 5.57. The van der Waals surface area contributed by atoms with Crippen LogP contribution >= 0.6 is 0 Å². The van der Waals surface area contributed by atoms with Gasteiger partial charge in [-0.15, -0.1) is 0 Å². The van der Waals surface area contributed by atoms with Crippen molar-refractivity contribution >= 4 is 34.1 Å². The number of aliphatic hydroxyl groups excluding tert-OH is 2. The van der Waals surface area contributed by atoms with E-state index in [0.29, 0.717) is 34.8 Å². The van der Waals surface area contributed by atoms with Gasteiger partial charge < -0.3 is 20.4 Å². The molecule has 5 nitrogen and oxygen atoms in total. The second kappa shape index (κ2) is 8.86. The first-order valence-corrected chi connectivity index (χ1v) is 10.2. The van der Waals surface area contributed by atoms with E-state index in [0.717, 1.165) is 16.7 Å². The number of nitrogens with two attached hydrogens (primary N) is 1. The molecule has 0 saturated heterocycles. The Balaban J connectivity index is 1.66. The largest absolute Gasteiger partial charge is 0.456 e. The smallest absolute Gasteiger partial charge is 0.200 e. The number of aliphatic hydroxyl groups is 2. The molecule has 0 amide bonds. The molecule has 31 heavy (non-hydrogen) atoms. The highest BCUT2D eigenvalue weighted by atomic mass is 16.3. The van der Waals surface area contributed by atoms with Gasteiger partial charge >= 0.3 is 0 Å². The Hall–Kier alpha value is -3.25. The van der Waals surface area contributed by atoms with E-state index in [1.54, 1.807) is 6.07 Å². The molecular formula is C26H25NO4. The number of hydrogen-bond acceptors (Lipinski definition) is 5. The Bertz CT molecular complexity index is 1290. The molecule has 1 aromatic heterocycles. The zero-order valence-corrected chi connectivity index (χ0v) is 17.1. The van der Waals surface area contributed by atoms with E-state index >= 15 is 0 Å². The van der Waals surface area contributed by atoms with E-state index in [1.165, 1.54) is 0 Å². The fraction of sp³-hybridized carbons (Fsp3) is 0.192. The highest BCUT2D eigenvalue weighted by Gasteiger charge is 2.22. The fourth-order valence-electron chi connectivity index (χ4n) is 3.53. The molecule has 0 saturated carbocycles. The molecular weight excluding hydrogens is 390 g/mol. The van der Waals surface area contributed by atoms with Gasteiger partial charge in [-0.05, 0) is 53.8 Å². The molecule has 158 valence electrons. The summed E-state index contributed by atoms with van der Waals surface area (Å²) in [7, 11) is 0. The maximum atomic E-state index is 13.1. The maximum Gasteiger partial charge on any atom is 0.200 e. The second-order valence-electron chi connectivity index (χ2n) is 7.94. The summed E-state index contributed by atoms with van der Waals surface area (Å²) in [5, 5.41) is 19.8. The maximum absolute atomic E-state index is 13.1. The average Bonchev–Trinajstić information content (AvgIpc) is 2.82. The number of aryl methyl sites for hydroxylation is 1. The Morgan fingerprint density at radius 3 is 2.32 bits per heavy atom. The predicted octanol–water partition coefficient (Wildman–Crippen LogP) is 3.73. The van der Waals surface area contributed by atoms with Crippen molar-refractivity contribution in [2.24, 2.45) is 5.73 Å². The van der Waals surface area contributed by atoms with Crippen LogP contribution in [0.2, 0.25) is 0 Å². The first kappa shape index (κ1) is 21.0. The third-order valence-corrected chi connectivity index (χ3v) is 5.57. The molecule has 0 fully saturated rings. The van der Waals surface area contributed by atoms with Gasteiger partial charge in [0.25, 0.3) is 0 Å². The molecule has 0 aliphatic carbocycles. The number of hydrogen-bond donors (Lipinski definition) is 3. The van der Waals surface area contributed by atoms with Crippen molar-refractivity contribution in [3.05, 3.63) is 93.6 Å². The molecule has 4 rings (SSSR count). The minimum Gasteiger partial charge on any atom is -0.456 e. The molecule has 3 aromatic carbocycles. The van der Waals surface area contributed by atoms with Gasteiger partial charge in [0.05, 0.1) is 29.5 Å². The summed E-state index contributed by atoms with van der Waals surface area (Å²) in [4.78, 5) is 13.1. The summed E-state index contributed by atoms with van der Waals surface area (Å²) in [6.45, 7) is -0.588. The lowest BCUT2D eigenvalue weighted by molar-refractivity contribution is 0.115. The van der Waals surface area contributed by atoms with Crippen LogP contribution in [-0.4, -0.2) is 29.0 Å². The van der Waals surface area contributed by atoms with Gasteiger partial charge in [0.2, 0.25) is 5.43 Å². The highest BCUT2D eigenvalue weighted by Crippen LogP contribution is 2.23. The van der Waals surface area contributed by atoms with Crippen molar-refractivity contribution in [1.82, 2.24) is 0 Å². The van der Waals surface area contributed by atoms with E-state index in [9.17, 15) is 15.0 Å². The molecule has 0 bridgehead atoms. The summed E-state index contributed by atoms with van der Waals surface area (Å²) in [6.07, 6.45) is 4.95. The van der Waals surface area contributed by atoms with Crippen LogP contribution in [0.4, 0.5) is 0 Å². The molecule has 0 spiro atoms. The van der Waals surface area contributed by atoms with Gasteiger partial charge in [-0.3, -0.25) is 4.79 Å². The normalized spacial score (nSPS) is 12.2. The van der Waals surface area contributed by atoms with E-state index in [4.69, 9.17) is 10.2 Å². The minimum absolute atomic E-state index is 0.0725. The lowest BCUT2D eigenvalue weighted by Gasteiger charge is -2.24. The zero-order chi connectivity index (χ0) is 21.8. The number of rotatable bonds is 7. The molecule has 1 heterocycles. The summed E-state index contributed by atoms with van der Waals surface area (Å²) < 4.78 is 6.02. The van der Waals surface area contributed by atoms with Crippen LogP contribution in [0.25, 0.3) is 34.1 Å². The summed E-state index contributed by atoms with van der Waals surface area (Å²) >= 11 is 0. The van der Waals surface area contributed by atoms with Crippen LogP contribution in [0.3, 0.4) is 0 Å². The molecule has 0 aliphatic rings. The van der Waals surface area contributed by atoms with Crippen LogP contribution in [0.15, 0.2) is 75.9 Å². The quantitative estimate of drug-likeness (QED) is 0.316. The minimum atomic E-state index is -1.02. The van der Waals surface area contributed by atoms with Crippen LogP contribution in [0.1, 0.15) is 23.1 Å². The Morgan fingerprint density at radius 2 is 1.58 bits per heavy atom. The molecule has 4 N–H and O–H groups in total. The Labute approximate surface area is 180 Å². The van der Waals surface area contributed by atoms with Crippen LogP contribution in [0.5, 0.6) is 0 Å². The Morgan fingerprint density at radius 1 is 0.839 bits per heavy atom. The summed E-state index contributed by atoms with van der Waals surface area (Å²) in [6, 6.07) is 21.0. The first-order chi connectivity index (χ1) is 15.0. The van der Waals surface area contributed by atoms with Crippen molar-refractivity contribution in [2.75, 3.05) is 13.2 Å². The van der Waals surface area contributed by atoms with E-state index in [-0.39, 0.29) is 18.6 Å². The summed E-state index contributed by atoms with van der Waals surface area (Å²) in [5.41, 5.74) is 8.84. The van der Waals surface area contributed by atoms with Crippen molar-refractivity contribution < 1.29 is 14.6 Å². The predicted molar refractivity (Wildman–Crippen MR) is 125 cm³/mol. The average molecular weight is 415 g/mol. The molecule has 0 radical (unpaired) electrons. The third kappa shape index (κ3) is 4.59. The number of benzene rings is 3. The van der Waals surface area contributed by atoms with Crippen LogP contribution in [0, 0.1) is 0 Å². The van der Waals surface area contributed by atoms with Crippen LogP contribution < -0.4 is 11.2 Å². The summed E-state index contributed by atoms with van der Waals surface area (Å²) in [5.74, 6) is 0. The van der Waals surface area contributed by atoms with Crippen molar-refractivity contribution in [2.45, 2.75) is 18.4 Å². The van der Waals surface area contributed by atoms with Crippen molar-refractivity contribution in [3.8, 4) is 0 Å². The van der Waals surface area contributed by atoms with Gasteiger partial charge in [0, 0.05) is 0 Å². The molecule has 0 atom stereocenters. The van der Waals surface area contributed by atoms with Crippen molar-refractivity contribution in [3.63, 3.8) is 0 Å². The fourth-order valence-corrected chi connectivity index (χ4v) is 3.53. The van der Waals surface area contributed by atoms with Gasteiger partial charge in [0.15, 0.2) is 0 Å². The van der Waals surface area contributed by atoms with E-state index < -0.39 is 5.54 Å². The van der Waals surface area contributed by atoms with Crippen LogP contribution in [-0.2, 0) is 6.42 Å². The molecule has 0 aliphatic heterocycles. The Kier molecular flexibility index (Phi) is 6.00. The number of fused-ring (bicyclic) bond motifs is 2. The van der Waals surface area contributed by atoms with Gasteiger partial charge in [-0.1, -0.05) is 54.6 Å². The first-order valence-electron chi connectivity index (χ1n) is 10.2. The van der Waals surface area contributed by atoms with Crippen molar-refractivity contribution in [1.29, 1.82) is 0 Å². The topological polar surface area (TPSA) is 96.7 Å². The molecule has 4 aromatic rings. The lowest BCUT2D eigenvalue weighted by Crippen LogP contribution is -2.47. The van der Waals surface area contributed by atoms with Gasteiger partial charge in [-0.25, -0.2) is 0 Å². The highest BCUT2D eigenvalue weighted by molar-refractivity contribution is 5.91. The second-order valence-corrected chi connectivity index (χ2v) is 7.94. The zero-order valence-electron chi connectivity index (χ0n) is 17.1. The molecule has 5 heteroatoms. The lowest BCUT2D eigenvalue weighted by atomic mass is 9.93. The standard InChI is InChI=1S/C26H25NO4/c27-26(16-28,17-29)13-12-20-8-10-21-24(15-20)31-23-11-9-19(14-22(23)25(21)30)7-6-18-4-2-1-3-5-18/h1-11,14-15,28-29H,12-13,16-17,27H2. The monoisotopic (exact) mass is 415 g/mol. The van der Waals surface area contributed by atoms with Gasteiger partial charge in [-0.2, -0.15) is 0 Å². The van der Waals surface area contributed by atoms with E-state index in [2.05, 4.69) is 0 Å². The van der Waals surface area contributed by atoms with E-state index in [1.807, 2.05) is 72.8 Å². The molecule has 0 unspecified atom stereocenters. The van der Waals surface area contributed by atoms with Gasteiger partial charge in [0.1, 0.15) is 11.2 Å².